The molecule has 0 spiro atoms. The Morgan fingerprint density at radius 3 is 2.55 bits per heavy atom. The van der Waals surface area contributed by atoms with Crippen LogP contribution in [-0.4, -0.2) is 27.4 Å². The van der Waals surface area contributed by atoms with Crippen LogP contribution >= 0.6 is 31.9 Å². The Labute approximate surface area is 142 Å². The Balaban J connectivity index is 2.14. The van der Waals surface area contributed by atoms with Crippen LogP contribution < -0.4 is 5.43 Å². The molecule has 0 bridgehead atoms. The van der Waals surface area contributed by atoms with Crippen LogP contribution in [0.4, 0.5) is 0 Å². The number of hydrogen-bond acceptors (Lipinski definition) is 5. The molecule has 2 aromatic carbocycles. The van der Waals surface area contributed by atoms with E-state index in [0.29, 0.717) is 10.0 Å². The van der Waals surface area contributed by atoms with Crippen LogP contribution in [0, 0.1) is 0 Å². The van der Waals surface area contributed by atoms with E-state index in [1.165, 1.54) is 18.3 Å². The Bertz CT molecular complexity index is 763. The van der Waals surface area contributed by atoms with Crippen molar-refractivity contribution in [1.82, 2.24) is 5.43 Å². The predicted molar refractivity (Wildman–Crippen MR) is 88.3 cm³/mol. The molecule has 0 fully saturated rings. The van der Waals surface area contributed by atoms with Crippen LogP contribution in [-0.2, 0) is 0 Å². The molecule has 0 aliphatic heterocycles. The molecule has 0 saturated carbocycles. The Kier molecular flexibility index (Phi) is 5.04. The molecule has 8 heteroatoms. The van der Waals surface area contributed by atoms with Crippen molar-refractivity contribution >= 4 is 44.0 Å². The molecule has 0 heterocycles. The molecule has 6 nitrogen and oxygen atoms in total. The van der Waals surface area contributed by atoms with Gasteiger partial charge in [0, 0.05) is 16.1 Å². The van der Waals surface area contributed by atoms with E-state index < -0.39 is 5.91 Å². The van der Waals surface area contributed by atoms with Crippen molar-refractivity contribution in [1.29, 1.82) is 0 Å². The van der Waals surface area contributed by atoms with E-state index in [-0.39, 0.29) is 22.8 Å². The van der Waals surface area contributed by atoms with E-state index in [1.54, 1.807) is 12.1 Å². The molecule has 0 aromatic heterocycles. The first-order valence-electron chi connectivity index (χ1n) is 5.92. The zero-order chi connectivity index (χ0) is 16.3. The third-order valence-corrected chi connectivity index (χ3v) is 3.72. The van der Waals surface area contributed by atoms with Crippen molar-refractivity contribution < 1.29 is 20.1 Å². The van der Waals surface area contributed by atoms with E-state index in [9.17, 15) is 15.0 Å². The minimum atomic E-state index is -0.651. The molecule has 1 amide bonds. The van der Waals surface area contributed by atoms with Gasteiger partial charge in [-0.2, -0.15) is 5.10 Å². The summed E-state index contributed by atoms with van der Waals surface area (Å²) in [4.78, 5) is 11.8. The van der Waals surface area contributed by atoms with Gasteiger partial charge in [-0.15, -0.1) is 0 Å². The summed E-state index contributed by atoms with van der Waals surface area (Å²) in [6.45, 7) is 0. The standard InChI is InChI=1S/C14H10Br2N2O4/c15-8-3-7(13(21)11(16)4-8)6-17-18-14(22)10-2-1-9(19)5-12(10)20/h1-6,19-21H,(H,18,22). The number of phenols is 3. The van der Waals surface area contributed by atoms with Crippen LogP contribution in [0.1, 0.15) is 15.9 Å². The largest absolute Gasteiger partial charge is 0.508 e. The lowest BCUT2D eigenvalue weighted by atomic mass is 10.2. The van der Waals surface area contributed by atoms with Gasteiger partial charge in [0.2, 0.25) is 0 Å². The molecule has 0 unspecified atom stereocenters. The normalized spacial score (nSPS) is 10.8. The van der Waals surface area contributed by atoms with Crippen molar-refractivity contribution in [3.05, 3.63) is 50.4 Å². The second-order valence-corrected chi connectivity index (χ2v) is 6.00. The van der Waals surface area contributed by atoms with Crippen LogP contribution in [0.2, 0.25) is 0 Å². The summed E-state index contributed by atoms with van der Waals surface area (Å²) >= 11 is 6.46. The van der Waals surface area contributed by atoms with Crippen molar-refractivity contribution in [2.45, 2.75) is 0 Å². The SMILES string of the molecule is O=C(NN=Cc1cc(Br)cc(Br)c1O)c1ccc(O)cc1O. The molecular formula is C14H10Br2N2O4. The fourth-order valence-corrected chi connectivity index (χ4v) is 2.88. The Morgan fingerprint density at radius 2 is 1.86 bits per heavy atom. The molecular weight excluding hydrogens is 420 g/mol. The number of rotatable bonds is 3. The maximum Gasteiger partial charge on any atom is 0.275 e. The van der Waals surface area contributed by atoms with E-state index in [1.807, 2.05) is 0 Å². The second kappa shape index (κ2) is 6.80. The van der Waals surface area contributed by atoms with E-state index in [2.05, 4.69) is 42.4 Å². The number of hydrazone groups is 1. The van der Waals surface area contributed by atoms with Crippen LogP contribution in [0.25, 0.3) is 0 Å². The van der Waals surface area contributed by atoms with Crippen molar-refractivity contribution in [3.8, 4) is 17.2 Å². The summed E-state index contributed by atoms with van der Waals surface area (Å²) in [6.07, 6.45) is 1.26. The molecule has 0 aliphatic rings. The monoisotopic (exact) mass is 428 g/mol. The van der Waals surface area contributed by atoms with Gasteiger partial charge < -0.3 is 15.3 Å². The molecule has 0 atom stereocenters. The van der Waals surface area contributed by atoms with Crippen molar-refractivity contribution in [3.63, 3.8) is 0 Å². The number of phenolic OH excluding ortho intramolecular Hbond substituents is 3. The number of aromatic hydroxyl groups is 3. The third-order valence-electron chi connectivity index (χ3n) is 2.65. The Hall–Kier alpha value is -2.06. The van der Waals surface area contributed by atoms with E-state index in [4.69, 9.17) is 5.11 Å². The number of hydrogen-bond donors (Lipinski definition) is 4. The van der Waals surface area contributed by atoms with Crippen molar-refractivity contribution in [2.75, 3.05) is 0 Å². The topological polar surface area (TPSA) is 102 Å². The lowest BCUT2D eigenvalue weighted by molar-refractivity contribution is 0.0952. The highest BCUT2D eigenvalue weighted by molar-refractivity contribution is 9.11. The highest BCUT2D eigenvalue weighted by Crippen LogP contribution is 2.30. The molecule has 0 radical (unpaired) electrons. The lowest BCUT2D eigenvalue weighted by Gasteiger charge is -2.04. The van der Waals surface area contributed by atoms with Gasteiger partial charge in [0.1, 0.15) is 17.2 Å². The van der Waals surface area contributed by atoms with E-state index in [0.717, 1.165) is 10.5 Å². The number of benzene rings is 2. The number of amides is 1. The zero-order valence-corrected chi connectivity index (χ0v) is 14.1. The predicted octanol–water partition coefficient (Wildman–Crippen LogP) is 3.09. The van der Waals surface area contributed by atoms with Gasteiger partial charge in [0.25, 0.3) is 5.91 Å². The maximum atomic E-state index is 11.8. The third kappa shape index (κ3) is 3.77. The summed E-state index contributed by atoms with van der Waals surface area (Å²) in [5.74, 6) is -1.18. The van der Waals surface area contributed by atoms with Crippen LogP contribution in [0.15, 0.2) is 44.4 Å². The smallest absolute Gasteiger partial charge is 0.275 e. The quantitative estimate of drug-likeness (QED) is 0.444. The molecule has 2 rings (SSSR count). The molecule has 0 aliphatic carbocycles. The number of carbonyl (C=O) groups excluding carboxylic acids is 1. The average molecular weight is 430 g/mol. The van der Waals surface area contributed by atoms with Gasteiger partial charge in [0.05, 0.1) is 16.3 Å². The summed E-state index contributed by atoms with van der Waals surface area (Å²) in [5.41, 5.74) is 2.57. The van der Waals surface area contributed by atoms with Crippen LogP contribution in [0.5, 0.6) is 17.2 Å². The van der Waals surface area contributed by atoms with Gasteiger partial charge in [0.15, 0.2) is 0 Å². The summed E-state index contributed by atoms with van der Waals surface area (Å²) in [7, 11) is 0. The number of halogens is 2. The summed E-state index contributed by atoms with van der Waals surface area (Å²) in [6, 6.07) is 6.88. The van der Waals surface area contributed by atoms with E-state index >= 15 is 0 Å². The Morgan fingerprint density at radius 1 is 1.14 bits per heavy atom. The second-order valence-electron chi connectivity index (χ2n) is 4.23. The maximum absolute atomic E-state index is 11.8. The van der Waals surface area contributed by atoms with Gasteiger partial charge in [-0.05, 0) is 40.2 Å². The highest BCUT2D eigenvalue weighted by Gasteiger charge is 2.11. The molecule has 114 valence electrons. The minimum Gasteiger partial charge on any atom is -0.508 e. The average Bonchev–Trinajstić information content (AvgIpc) is 2.43. The highest BCUT2D eigenvalue weighted by atomic mass is 79.9. The van der Waals surface area contributed by atoms with Gasteiger partial charge in [-0.3, -0.25) is 4.79 Å². The molecule has 22 heavy (non-hydrogen) atoms. The van der Waals surface area contributed by atoms with Gasteiger partial charge in [-0.25, -0.2) is 5.43 Å². The molecule has 4 N–H and O–H groups in total. The first-order chi connectivity index (χ1) is 10.4. The van der Waals surface area contributed by atoms with Gasteiger partial charge in [-0.1, -0.05) is 15.9 Å². The fourth-order valence-electron chi connectivity index (χ4n) is 1.62. The number of nitrogens with one attached hydrogen (secondary N) is 1. The number of carbonyl (C=O) groups is 1. The molecule has 2 aromatic rings. The fraction of sp³-hybridized carbons (Fsp3) is 0. The summed E-state index contributed by atoms with van der Waals surface area (Å²) < 4.78 is 1.20. The van der Waals surface area contributed by atoms with Crippen LogP contribution in [0.3, 0.4) is 0 Å². The lowest BCUT2D eigenvalue weighted by Crippen LogP contribution is -2.17. The number of nitrogens with zero attached hydrogens (tertiary/aromatic N) is 1. The first-order valence-corrected chi connectivity index (χ1v) is 7.50. The van der Waals surface area contributed by atoms with Gasteiger partial charge >= 0.3 is 0 Å². The molecule has 0 saturated heterocycles. The minimum absolute atomic E-state index is 0.0197. The van der Waals surface area contributed by atoms with Crippen molar-refractivity contribution in [2.24, 2.45) is 5.10 Å². The first kappa shape index (κ1) is 16.3. The summed E-state index contributed by atoms with van der Waals surface area (Å²) in [5, 5.41) is 32.3. The zero-order valence-electron chi connectivity index (χ0n) is 10.9.